The quantitative estimate of drug-likeness (QED) is 0.117. The van der Waals surface area contributed by atoms with Crippen LogP contribution in [0.1, 0.15) is 106 Å². The minimum atomic E-state index is -0.853. The topological polar surface area (TPSA) is 123 Å². The highest BCUT2D eigenvalue weighted by Crippen LogP contribution is 2.52. The Kier molecular flexibility index (Phi) is 13.0. The van der Waals surface area contributed by atoms with Crippen molar-refractivity contribution in [2.45, 2.75) is 136 Å². The van der Waals surface area contributed by atoms with Crippen LogP contribution in [0.2, 0.25) is 0 Å². The lowest BCUT2D eigenvalue weighted by atomic mass is 9.77. The number of esters is 1. The van der Waals surface area contributed by atoms with E-state index in [1.807, 2.05) is 19.9 Å². The molecule has 47 heavy (non-hydrogen) atoms. The smallest absolute Gasteiger partial charge is 0.306 e. The van der Waals surface area contributed by atoms with Crippen molar-refractivity contribution in [3.63, 3.8) is 0 Å². The Hall–Kier alpha value is -2.82. The van der Waals surface area contributed by atoms with Crippen molar-refractivity contribution in [2.75, 3.05) is 24.5 Å². The van der Waals surface area contributed by atoms with Gasteiger partial charge in [0.2, 0.25) is 17.7 Å². The van der Waals surface area contributed by atoms with E-state index in [0.717, 1.165) is 51.6 Å². The van der Waals surface area contributed by atoms with Gasteiger partial charge in [-0.2, -0.15) is 0 Å². The molecule has 10 nitrogen and oxygen atoms in total. The molecule has 0 aromatic heterocycles. The monoisotopic (exact) mass is 655 g/mol. The van der Waals surface area contributed by atoms with Crippen LogP contribution in [0, 0.1) is 17.3 Å². The lowest BCUT2D eigenvalue weighted by Crippen LogP contribution is -2.53. The molecule has 3 aliphatic heterocycles. The number of nitrogens with one attached hydrogen (secondary N) is 2. The summed E-state index contributed by atoms with van der Waals surface area (Å²) in [6.45, 7) is 15.5. The molecule has 3 aliphatic rings. The van der Waals surface area contributed by atoms with E-state index in [9.17, 15) is 19.2 Å². The summed E-state index contributed by atoms with van der Waals surface area (Å²) in [5.41, 5.74) is 0.343. The summed E-state index contributed by atoms with van der Waals surface area (Å²) in [6, 6.07) is 8.85. The van der Waals surface area contributed by atoms with E-state index in [1.165, 1.54) is 17.7 Å². The van der Waals surface area contributed by atoms with Gasteiger partial charge in [-0.1, -0.05) is 65.2 Å². The summed E-state index contributed by atoms with van der Waals surface area (Å²) >= 11 is 0. The molecular weight excluding hydrogens is 598 g/mol. The van der Waals surface area contributed by atoms with Crippen LogP contribution in [0.15, 0.2) is 30.3 Å². The number of amides is 3. The van der Waals surface area contributed by atoms with Gasteiger partial charge in [0, 0.05) is 13.0 Å². The molecule has 3 fully saturated rings. The first kappa shape index (κ1) is 37.0. The van der Waals surface area contributed by atoms with Gasteiger partial charge in [0.25, 0.3) is 0 Å². The highest BCUT2D eigenvalue weighted by Gasteiger charge is 2.71. The second kappa shape index (κ2) is 16.5. The predicted molar refractivity (Wildman–Crippen MR) is 181 cm³/mol. The first-order chi connectivity index (χ1) is 22.3. The molecule has 2 N–H and O–H groups in total. The average Bonchev–Trinajstić information content (AvgIpc) is 3.63. The summed E-state index contributed by atoms with van der Waals surface area (Å²) in [5.74, 6) is -2.87. The van der Waals surface area contributed by atoms with Gasteiger partial charge in [-0.25, -0.2) is 4.90 Å². The number of unbranched alkanes of at least 4 members (excludes halogenated alkanes) is 3. The largest absolute Gasteiger partial charge is 0.457 e. The molecule has 0 saturated carbocycles. The third kappa shape index (κ3) is 9.86. The molecule has 6 atom stereocenters. The van der Waals surface area contributed by atoms with E-state index >= 15 is 0 Å². The van der Waals surface area contributed by atoms with Crippen LogP contribution in [0.4, 0.5) is 5.69 Å². The fraction of sp³-hybridized carbons (Fsp3) is 0.730. The number of hydrogen-bond donors (Lipinski definition) is 2. The summed E-state index contributed by atoms with van der Waals surface area (Å²) < 4.78 is 18.7. The molecule has 1 aromatic carbocycles. The summed E-state index contributed by atoms with van der Waals surface area (Å²) in [5, 5.41) is 6.42. The Morgan fingerprint density at radius 3 is 2.06 bits per heavy atom. The van der Waals surface area contributed by atoms with Crippen molar-refractivity contribution < 1.29 is 33.4 Å². The zero-order valence-corrected chi connectivity index (χ0v) is 29.3. The molecule has 262 valence electrons. The first-order valence-corrected chi connectivity index (χ1v) is 17.8. The minimum Gasteiger partial charge on any atom is -0.457 e. The first-order valence-electron chi connectivity index (χ1n) is 17.8. The van der Waals surface area contributed by atoms with E-state index in [-0.39, 0.29) is 30.6 Å². The number of nitrogens with zero attached hydrogens (tertiary/aromatic N) is 1. The molecule has 0 radical (unpaired) electrons. The van der Waals surface area contributed by atoms with Crippen LogP contribution in [0.3, 0.4) is 0 Å². The molecule has 0 aliphatic carbocycles. The minimum absolute atomic E-state index is 0.0110. The van der Waals surface area contributed by atoms with E-state index in [2.05, 4.69) is 38.3 Å². The zero-order valence-electron chi connectivity index (χ0n) is 29.3. The predicted octanol–water partition coefficient (Wildman–Crippen LogP) is 5.32. The lowest BCUT2D eigenvalue weighted by Gasteiger charge is -2.37. The van der Waals surface area contributed by atoms with Gasteiger partial charge in [-0.3, -0.25) is 19.2 Å². The molecule has 3 amide bonds. The number of hydrogen-bond acceptors (Lipinski definition) is 8. The number of imide groups is 1. The molecule has 2 bridgehead atoms. The highest BCUT2D eigenvalue weighted by molar-refractivity contribution is 6.23. The summed E-state index contributed by atoms with van der Waals surface area (Å²) in [7, 11) is 0. The van der Waals surface area contributed by atoms with E-state index in [1.54, 1.807) is 24.3 Å². The standard InChI is InChI=1S/C37H57N3O7/c1-7-20-37(5,6)47-33-31-29-28(34(43)40(35(29)44)25-16-11-10-12-17-25)30(46-31)32(33)45-27(42)19-18-26(41)39-24-14-9-8-13-22-38-23-15-21-36(2,3)4/h10-12,16-17,28-33,38H,7-9,13-15,18-24H2,1-6H3,(H,39,41). The maximum Gasteiger partial charge on any atom is 0.306 e. The van der Waals surface area contributed by atoms with Crippen molar-refractivity contribution in [1.29, 1.82) is 0 Å². The van der Waals surface area contributed by atoms with Crippen molar-refractivity contribution in [1.82, 2.24) is 10.6 Å². The molecule has 4 rings (SSSR count). The van der Waals surface area contributed by atoms with Gasteiger partial charge in [0.15, 0.2) is 6.10 Å². The average molecular weight is 656 g/mol. The third-order valence-corrected chi connectivity index (χ3v) is 9.42. The third-order valence-electron chi connectivity index (χ3n) is 9.42. The number of fused-ring (bicyclic) bond motifs is 5. The molecular formula is C37H57N3O7. The maximum atomic E-state index is 13.6. The summed E-state index contributed by atoms with van der Waals surface area (Å²) in [6.07, 6.45) is 5.07. The van der Waals surface area contributed by atoms with Crippen molar-refractivity contribution in [3.05, 3.63) is 30.3 Å². The Balaban J connectivity index is 1.23. The lowest BCUT2D eigenvalue weighted by molar-refractivity contribution is -0.176. The Bertz CT molecular complexity index is 1210. The van der Waals surface area contributed by atoms with Gasteiger partial charge in [-0.15, -0.1) is 0 Å². The van der Waals surface area contributed by atoms with E-state index in [4.69, 9.17) is 14.2 Å². The fourth-order valence-corrected chi connectivity index (χ4v) is 7.16. The van der Waals surface area contributed by atoms with Gasteiger partial charge in [-0.05, 0) is 76.6 Å². The summed E-state index contributed by atoms with van der Waals surface area (Å²) in [4.78, 5) is 53.9. The zero-order chi connectivity index (χ0) is 34.2. The van der Waals surface area contributed by atoms with Gasteiger partial charge >= 0.3 is 5.97 Å². The maximum absolute atomic E-state index is 13.6. The van der Waals surface area contributed by atoms with Gasteiger partial charge < -0.3 is 24.8 Å². The molecule has 1 aromatic rings. The molecule has 3 heterocycles. The number of anilines is 1. The highest BCUT2D eigenvalue weighted by atomic mass is 16.6. The Morgan fingerprint density at radius 1 is 0.809 bits per heavy atom. The molecule has 6 unspecified atom stereocenters. The fourth-order valence-electron chi connectivity index (χ4n) is 7.16. The molecule has 0 spiro atoms. The Morgan fingerprint density at radius 2 is 1.43 bits per heavy atom. The number of carbonyl (C=O) groups is 4. The second-order valence-corrected chi connectivity index (χ2v) is 15.2. The van der Waals surface area contributed by atoms with Crippen LogP contribution in [-0.4, -0.2) is 73.3 Å². The number of ether oxygens (including phenoxy) is 3. The molecule has 3 saturated heterocycles. The van der Waals surface area contributed by atoms with Crippen molar-refractivity contribution in [2.24, 2.45) is 17.3 Å². The normalized spacial score (nSPS) is 25.4. The number of para-hydroxylation sites is 1. The van der Waals surface area contributed by atoms with Crippen LogP contribution in [0.25, 0.3) is 0 Å². The van der Waals surface area contributed by atoms with Crippen LogP contribution < -0.4 is 15.5 Å². The second-order valence-electron chi connectivity index (χ2n) is 15.2. The van der Waals surface area contributed by atoms with Gasteiger partial charge in [0.05, 0.1) is 29.5 Å². The molecule has 10 heteroatoms. The SMILES string of the molecule is CCCC(C)(C)OC1C(OC(=O)CCC(=O)NCCCCCCNCCCC(C)(C)C)C2OC1C1C(=O)N(c3ccccc3)C(=O)C21. The number of carbonyl (C=O) groups excluding carboxylic acids is 4. The number of rotatable bonds is 19. The van der Waals surface area contributed by atoms with Crippen molar-refractivity contribution >= 4 is 29.4 Å². The van der Waals surface area contributed by atoms with Gasteiger partial charge in [0.1, 0.15) is 18.3 Å². The number of benzene rings is 1. The van der Waals surface area contributed by atoms with Crippen LogP contribution >= 0.6 is 0 Å². The van der Waals surface area contributed by atoms with Crippen LogP contribution in [-0.2, 0) is 33.4 Å². The van der Waals surface area contributed by atoms with Crippen LogP contribution in [0.5, 0.6) is 0 Å². The van der Waals surface area contributed by atoms with E-state index in [0.29, 0.717) is 17.6 Å². The van der Waals surface area contributed by atoms with Crippen molar-refractivity contribution in [3.8, 4) is 0 Å². The van der Waals surface area contributed by atoms with E-state index < -0.39 is 47.8 Å². The Labute approximate surface area is 281 Å².